The van der Waals surface area contributed by atoms with E-state index in [1.54, 1.807) is 0 Å². The van der Waals surface area contributed by atoms with Gasteiger partial charge in [0, 0.05) is 13.0 Å². The van der Waals surface area contributed by atoms with Crippen molar-refractivity contribution >= 4 is 11.8 Å². The Morgan fingerprint density at radius 3 is 2.33 bits per heavy atom. The summed E-state index contributed by atoms with van der Waals surface area (Å²) in [5, 5.41) is 0. The molecule has 1 aromatic rings. The molecule has 1 unspecified atom stereocenters. The minimum Gasteiger partial charge on any atom is -0.328 e. The van der Waals surface area contributed by atoms with Gasteiger partial charge >= 0.3 is 0 Å². The predicted octanol–water partition coefficient (Wildman–Crippen LogP) is 1.97. The standard InChI is InChI=1S/C17H22N2O2/c1-16(13-7-3-2-4-8-13)11-14(20)19(15(16)21)17(12-18)9-5-6-10-17/h2-4,7-8H,5-6,9-12,18H2,1H3. The summed E-state index contributed by atoms with van der Waals surface area (Å²) in [5.41, 5.74) is 5.68. The van der Waals surface area contributed by atoms with Gasteiger partial charge in [0.15, 0.2) is 0 Å². The number of benzene rings is 1. The van der Waals surface area contributed by atoms with E-state index in [4.69, 9.17) is 5.73 Å². The first-order valence-corrected chi connectivity index (χ1v) is 7.67. The first-order chi connectivity index (χ1) is 10.0. The van der Waals surface area contributed by atoms with Crippen molar-refractivity contribution in [3.05, 3.63) is 35.9 Å². The van der Waals surface area contributed by atoms with Crippen molar-refractivity contribution in [2.24, 2.45) is 5.73 Å². The second-order valence-corrected chi connectivity index (χ2v) is 6.54. The smallest absolute Gasteiger partial charge is 0.240 e. The summed E-state index contributed by atoms with van der Waals surface area (Å²) in [5.74, 6) is -0.148. The average molecular weight is 286 g/mol. The third-order valence-corrected chi connectivity index (χ3v) is 5.23. The van der Waals surface area contributed by atoms with Gasteiger partial charge in [-0.25, -0.2) is 0 Å². The third-order valence-electron chi connectivity index (χ3n) is 5.23. The highest BCUT2D eigenvalue weighted by atomic mass is 16.2. The van der Waals surface area contributed by atoms with Gasteiger partial charge < -0.3 is 5.73 Å². The summed E-state index contributed by atoms with van der Waals surface area (Å²) < 4.78 is 0. The first-order valence-electron chi connectivity index (χ1n) is 7.67. The second-order valence-electron chi connectivity index (χ2n) is 6.54. The molecule has 4 heteroatoms. The molecule has 1 aliphatic heterocycles. The molecule has 0 bridgehead atoms. The maximum atomic E-state index is 13.0. The lowest BCUT2D eigenvalue weighted by Crippen LogP contribution is -2.55. The SMILES string of the molecule is CC1(c2ccccc2)CC(=O)N(C2(CN)CCCC2)C1=O. The molecule has 1 heterocycles. The van der Waals surface area contributed by atoms with E-state index in [9.17, 15) is 9.59 Å². The van der Waals surface area contributed by atoms with Crippen LogP contribution in [0.4, 0.5) is 0 Å². The van der Waals surface area contributed by atoms with Crippen molar-refractivity contribution < 1.29 is 9.59 Å². The minimum atomic E-state index is -0.747. The zero-order valence-electron chi connectivity index (χ0n) is 12.5. The van der Waals surface area contributed by atoms with E-state index in [-0.39, 0.29) is 18.2 Å². The molecule has 2 fully saturated rings. The van der Waals surface area contributed by atoms with Crippen molar-refractivity contribution in [2.45, 2.75) is 50.0 Å². The number of amides is 2. The van der Waals surface area contributed by atoms with Gasteiger partial charge in [0.1, 0.15) is 0 Å². The Labute approximate surface area is 125 Å². The maximum Gasteiger partial charge on any atom is 0.240 e. The van der Waals surface area contributed by atoms with Crippen molar-refractivity contribution in [2.75, 3.05) is 6.54 Å². The molecule has 0 spiro atoms. The van der Waals surface area contributed by atoms with Crippen LogP contribution in [0.1, 0.15) is 44.6 Å². The number of hydrogen-bond acceptors (Lipinski definition) is 3. The van der Waals surface area contributed by atoms with E-state index in [2.05, 4.69) is 0 Å². The molecule has 2 amide bonds. The summed E-state index contributed by atoms with van der Waals surface area (Å²) in [6, 6.07) is 9.60. The molecule has 1 aromatic carbocycles. The quantitative estimate of drug-likeness (QED) is 0.864. The van der Waals surface area contributed by atoms with Crippen molar-refractivity contribution in [1.82, 2.24) is 4.90 Å². The van der Waals surface area contributed by atoms with Gasteiger partial charge in [-0.2, -0.15) is 0 Å². The number of hydrogen-bond donors (Lipinski definition) is 1. The topological polar surface area (TPSA) is 63.4 Å². The van der Waals surface area contributed by atoms with E-state index in [0.717, 1.165) is 31.2 Å². The van der Waals surface area contributed by atoms with Crippen molar-refractivity contribution in [3.63, 3.8) is 0 Å². The lowest BCUT2D eigenvalue weighted by atomic mass is 9.80. The number of imide groups is 1. The fraction of sp³-hybridized carbons (Fsp3) is 0.529. The van der Waals surface area contributed by atoms with Crippen molar-refractivity contribution in [3.8, 4) is 0 Å². The number of likely N-dealkylation sites (tertiary alicyclic amines) is 1. The molecule has 4 nitrogen and oxygen atoms in total. The molecule has 2 aliphatic rings. The van der Waals surface area contributed by atoms with Gasteiger partial charge in [0.25, 0.3) is 0 Å². The molecule has 0 aromatic heterocycles. The summed E-state index contributed by atoms with van der Waals surface area (Å²) in [4.78, 5) is 27.1. The van der Waals surface area contributed by atoms with Gasteiger partial charge in [-0.15, -0.1) is 0 Å². The minimum absolute atomic E-state index is 0.0706. The Kier molecular flexibility index (Phi) is 3.36. The van der Waals surface area contributed by atoms with E-state index >= 15 is 0 Å². The normalized spacial score (nSPS) is 28.4. The summed E-state index contributed by atoms with van der Waals surface area (Å²) >= 11 is 0. The van der Waals surface area contributed by atoms with Crippen LogP contribution in [0, 0.1) is 0 Å². The highest BCUT2D eigenvalue weighted by Crippen LogP contribution is 2.44. The Morgan fingerprint density at radius 2 is 1.76 bits per heavy atom. The van der Waals surface area contributed by atoms with Crippen LogP contribution in [-0.4, -0.2) is 28.8 Å². The molecule has 0 radical (unpaired) electrons. The Balaban J connectivity index is 1.99. The largest absolute Gasteiger partial charge is 0.328 e. The van der Waals surface area contributed by atoms with Gasteiger partial charge in [-0.3, -0.25) is 14.5 Å². The molecule has 1 saturated carbocycles. The summed E-state index contributed by atoms with van der Waals surface area (Å²) in [6.07, 6.45) is 4.00. The molecule has 112 valence electrons. The fourth-order valence-corrected chi connectivity index (χ4v) is 3.88. The predicted molar refractivity (Wildman–Crippen MR) is 80.5 cm³/mol. The average Bonchev–Trinajstić information content (AvgIpc) is 3.05. The zero-order valence-corrected chi connectivity index (χ0v) is 12.5. The van der Waals surface area contributed by atoms with Crippen LogP contribution < -0.4 is 5.73 Å². The number of carbonyl (C=O) groups excluding carboxylic acids is 2. The maximum absolute atomic E-state index is 13.0. The highest BCUT2D eigenvalue weighted by molar-refractivity contribution is 6.09. The molecular weight excluding hydrogens is 264 g/mol. The Bertz CT molecular complexity index is 563. The number of carbonyl (C=O) groups is 2. The monoisotopic (exact) mass is 286 g/mol. The van der Waals surface area contributed by atoms with Crippen molar-refractivity contribution in [1.29, 1.82) is 0 Å². The van der Waals surface area contributed by atoms with Crippen LogP contribution in [0.2, 0.25) is 0 Å². The number of nitrogens with two attached hydrogens (primary N) is 1. The van der Waals surface area contributed by atoms with Crippen LogP contribution in [0.15, 0.2) is 30.3 Å². The number of nitrogens with zero attached hydrogens (tertiary/aromatic N) is 1. The first kappa shape index (κ1) is 14.3. The molecule has 3 rings (SSSR count). The molecule has 1 atom stereocenters. The van der Waals surface area contributed by atoms with E-state index in [1.807, 2.05) is 37.3 Å². The molecule has 21 heavy (non-hydrogen) atoms. The van der Waals surface area contributed by atoms with E-state index in [0.29, 0.717) is 6.54 Å². The Hall–Kier alpha value is -1.68. The lowest BCUT2D eigenvalue weighted by Gasteiger charge is -2.37. The van der Waals surface area contributed by atoms with Gasteiger partial charge in [0.2, 0.25) is 11.8 Å². The van der Waals surface area contributed by atoms with Gasteiger partial charge in [-0.1, -0.05) is 43.2 Å². The molecule has 2 N–H and O–H groups in total. The van der Waals surface area contributed by atoms with Crippen LogP contribution in [0.3, 0.4) is 0 Å². The molecular formula is C17H22N2O2. The molecule has 1 aliphatic carbocycles. The van der Waals surface area contributed by atoms with Gasteiger partial charge in [-0.05, 0) is 25.3 Å². The van der Waals surface area contributed by atoms with E-state index < -0.39 is 11.0 Å². The third kappa shape index (κ3) is 2.01. The fourth-order valence-electron chi connectivity index (χ4n) is 3.88. The van der Waals surface area contributed by atoms with E-state index in [1.165, 1.54) is 4.90 Å². The highest BCUT2D eigenvalue weighted by Gasteiger charge is 2.56. The number of rotatable bonds is 3. The lowest BCUT2D eigenvalue weighted by molar-refractivity contribution is -0.146. The van der Waals surface area contributed by atoms with Crippen LogP contribution in [0.25, 0.3) is 0 Å². The van der Waals surface area contributed by atoms with Crippen LogP contribution >= 0.6 is 0 Å². The van der Waals surface area contributed by atoms with Crippen LogP contribution in [0.5, 0.6) is 0 Å². The molecule has 1 saturated heterocycles. The zero-order chi connectivity index (χ0) is 15.1. The second kappa shape index (κ2) is 4.95. The van der Waals surface area contributed by atoms with Gasteiger partial charge in [0.05, 0.1) is 11.0 Å². The summed E-state index contributed by atoms with van der Waals surface area (Å²) in [6.45, 7) is 2.25. The van der Waals surface area contributed by atoms with Crippen LogP contribution in [-0.2, 0) is 15.0 Å². The Morgan fingerprint density at radius 1 is 1.14 bits per heavy atom. The summed E-state index contributed by atoms with van der Waals surface area (Å²) in [7, 11) is 0.